The van der Waals surface area contributed by atoms with Crippen LogP contribution in [0.4, 0.5) is 0 Å². The highest BCUT2D eigenvalue weighted by molar-refractivity contribution is 4.91. The van der Waals surface area contributed by atoms with Crippen molar-refractivity contribution in [3.05, 3.63) is 0 Å². The van der Waals surface area contributed by atoms with Gasteiger partial charge in [0.15, 0.2) is 0 Å². The molecule has 4 atom stereocenters. The summed E-state index contributed by atoms with van der Waals surface area (Å²) in [6.07, 6.45) is 12.0. The van der Waals surface area contributed by atoms with E-state index in [0.29, 0.717) is 18.2 Å². The van der Waals surface area contributed by atoms with E-state index in [9.17, 15) is 0 Å². The van der Waals surface area contributed by atoms with E-state index in [4.69, 9.17) is 4.74 Å². The third-order valence-electron chi connectivity index (χ3n) is 6.01. The van der Waals surface area contributed by atoms with E-state index in [1.807, 2.05) is 0 Å². The van der Waals surface area contributed by atoms with Crippen molar-refractivity contribution < 1.29 is 4.74 Å². The van der Waals surface area contributed by atoms with Crippen LogP contribution in [0.25, 0.3) is 0 Å². The summed E-state index contributed by atoms with van der Waals surface area (Å²) < 4.78 is 6.08. The van der Waals surface area contributed by atoms with Crippen LogP contribution in [0.1, 0.15) is 65.2 Å². The second-order valence-electron chi connectivity index (χ2n) is 7.57. The second-order valence-corrected chi connectivity index (χ2v) is 7.57. The zero-order valence-electron chi connectivity index (χ0n) is 14.0. The Hall–Kier alpha value is -0.120. The van der Waals surface area contributed by atoms with Crippen molar-refractivity contribution in [2.45, 2.75) is 89.5 Å². The van der Waals surface area contributed by atoms with Crippen LogP contribution in [0, 0.1) is 5.92 Å². The molecule has 1 saturated carbocycles. The number of rotatable bonds is 4. The molecule has 2 heterocycles. The van der Waals surface area contributed by atoms with Crippen molar-refractivity contribution in [1.82, 2.24) is 10.2 Å². The first-order valence-electron chi connectivity index (χ1n) is 9.39. The first kappa shape index (κ1) is 15.8. The van der Waals surface area contributed by atoms with Gasteiger partial charge in [-0.25, -0.2) is 0 Å². The van der Waals surface area contributed by atoms with Crippen LogP contribution in [-0.2, 0) is 4.74 Å². The Kier molecular flexibility index (Phi) is 5.58. The van der Waals surface area contributed by atoms with Crippen LogP contribution in [0.15, 0.2) is 0 Å². The largest absolute Gasteiger partial charge is 0.374 e. The molecule has 0 aromatic rings. The Labute approximate surface area is 130 Å². The summed E-state index contributed by atoms with van der Waals surface area (Å²) >= 11 is 0. The zero-order chi connectivity index (χ0) is 14.7. The van der Waals surface area contributed by atoms with Gasteiger partial charge in [0, 0.05) is 31.7 Å². The second kappa shape index (κ2) is 7.43. The van der Waals surface area contributed by atoms with Crippen molar-refractivity contribution in [1.29, 1.82) is 0 Å². The summed E-state index contributed by atoms with van der Waals surface area (Å²) in [5.41, 5.74) is 0. The highest BCUT2D eigenvalue weighted by Gasteiger charge is 2.34. The van der Waals surface area contributed by atoms with Gasteiger partial charge >= 0.3 is 0 Å². The molecule has 3 fully saturated rings. The molecule has 3 heteroatoms. The van der Waals surface area contributed by atoms with Gasteiger partial charge in [-0.1, -0.05) is 26.2 Å². The van der Waals surface area contributed by atoms with E-state index in [2.05, 4.69) is 24.1 Å². The molecule has 1 aliphatic carbocycles. The molecular formula is C18H34N2O. The number of nitrogens with zero attached hydrogens (tertiary/aromatic N) is 1. The van der Waals surface area contributed by atoms with Crippen molar-refractivity contribution in [2.75, 3.05) is 19.6 Å². The molecule has 122 valence electrons. The van der Waals surface area contributed by atoms with Gasteiger partial charge in [-0.3, -0.25) is 4.90 Å². The average molecular weight is 294 g/mol. The van der Waals surface area contributed by atoms with Crippen LogP contribution in [0.2, 0.25) is 0 Å². The molecule has 0 aromatic carbocycles. The third-order valence-corrected chi connectivity index (χ3v) is 6.01. The van der Waals surface area contributed by atoms with Gasteiger partial charge in [-0.05, 0) is 44.9 Å². The molecule has 21 heavy (non-hydrogen) atoms. The number of piperazine rings is 1. The standard InChI is InChI=1S/C18H34N2O/c1-3-16-11-19-18(15-7-5-4-6-8-15)13-20(16)12-17-10-9-14(2)21-17/h14-19H,3-13H2,1-2H3. The summed E-state index contributed by atoms with van der Waals surface area (Å²) in [6.45, 7) is 8.14. The van der Waals surface area contributed by atoms with Crippen LogP contribution >= 0.6 is 0 Å². The monoisotopic (exact) mass is 294 g/mol. The molecule has 1 N–H and O–H groups in total. The Balaban J connectivity index is 1.56. The molecule has 3 nitrogen and oxygen atoms in total. The maximum absolute atomic E-state index is 6.08. The van der Waals surface area contributed by atoms with Crippen LogP contribution in [0.3, 0.4) is 0 Å². The maximum atomic E-state index is 6.08. The lowest BCUT2D eigenvalue weighted by Crippen LogP contribution is -2.59. The fraction of sp³-hybridized carbons (Fsp3) is 1.00. The number of hydrogen-bond acceptors (Lipinski definition) is 3. The van der Waals surface area contributed by atoms with Gasteiger partial charge in [-0.15, -0.1) is 0 Å². The predicted octanol–water partition coefficient (Wildman–Crippen LogP) is 3.19. The van der Waals surface area contributed by atoms with E-state index < -0.39 is 0 Å². The zero-order valence-corrected chi connectivity index (χ0v) is 14.0. The fourth-order valence-corrected chi connectivity index (χ4v) is 4.64. The molecular weight excluding hydrogens is 260 g/mol. The number of nitrogens with one attached hydrogen (secondary N) is 1. The molecule has 0 bridgehead atoms. The van der Waals surface area contributed by atoms with Crippen molar-refractivity contribution in [3.63, 3.8) is 0 Å². The fourth-order valence-electron chi connectivity index (χ4n) is 4.64. The summed E-state index contributed by atoms with van der Waals surface area (Å²) in [5, 5.41) is 3.87. The summed E-state index contributed by atoms with van der Waals surface area (Å²) in [6, 6.07) is 1.44. The van der Waals surface area contributed by atoms with Gasteiger partial charge in [0.25, 0.3) is 0 Å². The highest BCUT2D eigenvalue weighted by Crippen LogP contribution is 2.29. The highest BCUT2D eigenvalue weighted by atomic mass is 16.5. The number of hydrogen-bond donors (Lipinski definition) is 1. The van der Waals surface area contributed by atoms with Gasteiger partial charge in [-0.2, -0.15) is 0 Å². The molecule has 2 saturated heterocycles. The Morgan fingerprint density at radius 2 is 1.90 bits per heavy atom. The quantitative estimate of drug-likeness (QED) is 0.862. The third kappa shape index (κ3) is 4.00. The molecule has 0 amide bonds. The molecule has 4 unspecified atom stereocenters. The van der Waals surface area contributed by atoms with E-state index in [0.717, 1.165) is 18.5 Å². The van der Waals surface area contributed by atoms with Crippen molar-refractivity contribution >= 4 is 0 Å². The lowest BCUT2D eigenvalue weighted by molar-refractivity contribution is 0.00438. The minimum Gasteiger partial charge on any atom is -0.374 e. The Bertz CT molecular complexity index is 316. The number of ether oxygens (including phenoxy) is 1. The van der Waals surface area contributed by atoms with Gasteiger partial charge in [0.05, 0.1) is 12.2 Å². The van der Waals surface area contributed by atoms with Crippen LogP contribution in [0.5, 0.6) is 0 Å². The lowest BCUT2D eigenvalue weighted by Gasteiger charge is -2.44. The van der Waals surface area contributed by atoms with Crippen LogP contribution in [-0.4, -0.2) is 48.8 Å². The lowest BCUT2D eigenvalue weighted by atomic mass is 9.82. The molecule has 2 aliphatic heterocycles. The Morgan fingerprint density at radius 1 is 1.10 bits per heavy atom. The summed E-state index contributed by atoms with van der Waals surface area (Å²) in [5.74, 6) is 0.919. The van der Waals surface area contributed by atoms with Gasteiger partial charge in [0.1, 0.15) is 0 Å². The predicted molar refractivity (Wildman–Crippen MR) is 87.6 cm³/mol. The van der Waals surface area contributed by atoms with Crippen molar-refractivity contribution in [2.24, 2.45) is 5.92 Å². The summed E-state index contributed by atoms with van der Waals surface area (Å²) in [4.78, 5) is 2.75. The minimum absolute atomic E-state index is 0.479. The van der Waals surface area contributed by atoms with Crippen LogP contribution < -0.4 is 5.32 Å². The molecule has 0 radical (unpaired) electrons. The molecule has 3 aliphatic rings. The van der Waals surface area contributed by atoms with Crippen molar-refractivity contribution in [3.8, 4) is 0 Å². The SMILES string of the molecule is CCC1CNC(C2CCCCC2)CN1CC1CCC(C)O1. The van der Waals surface area contributed by atoms with E-state index in [1.54, 1.807) is 0 Å². The topological polar surface area (TPSA) is 24.5 Å². The Morgan fingerprint density at radius 3 is 2.57 bits per heavy atom. The van der Waals surface area contributed by atoms with Gasteiger partial charge < -0.3 is 10.1 Å². The first-order chi connectivity index (χ1) is 10.3. The average Bonchev–Trinajstić information content (AvgIpc) is 2.93. The van der Waals surface area contributed by atoms with E-state index >= 15 is 0 Å². The van der Waals surface area contributed by atoms with E-state index in [-0.39, 0.29) is 0 Å². The summed E-state index contributed by atoms with van der Waals surface area (Å²) in [7, 11) is 0. The normalized spacial score (nSPS) is 39.7. The van der Waals surface area contributed by atoms with E-state index in [1.165, 1.54) is 64.5 Å². The molecule has 3 rings (SSSR count). The minimum atomic E-state index is 0.479. The smallest absolute Gasteiger partial charge is 0.0706 e. The molecule has 0 spiro atoms. The first-order valence-corrected chi connectivity index (χ1v) is 9.39. The molecule has 0 aromatic heterocycles. The maximum Gasteiger partial charge on any atom is 0.0706 e. The van der Waals surface area contributed by atoms with Gasteiger partial charge in [0.2, 0.25) is 0 Å².